The fraction of sp³-hybridized carbons (Fsp3) is 0.207. The number of nitrogens with one attached hydrogen (secondary N) is 1. The third kappa shape index (κ3) is 6.74. The highest BCUT2D eigenvalue weighted by Crippen LogP contribution is 2.25. The second-order valence-electron chi connectivity index (χ2n) is 8.88. The standard InChI is InChI=1S/C29H30N4O3S/c1-19-7-4-5-10-23(19)15-33(27(35)17-36-28-20(2)8-6-9-21(28)3)16-26(34)31-24-13-11-22(12-14-24)25-18-37-29(30)32-25/h4-14,18H,15-17H2,1-3H3,(H2,30,32)(H,31,34). The first-order valence-electron chi connectivity index (χ1n) is 11.9. The van der Waals surface area contributed by atoms with Gasteiger partial charge in [0.2, 0.25) is 5.91 Å². The van der Waals surface area contributed by atoms with Crippen LogP contribution in [0, 0.1) is 20.8 Å². The van der Waals surface area contributed by atoms with Gasteiger partial charge in [0.1, 0.15) is 12.3 Å². The summed E-state index contributed by atoms with van der Waals surface area (Å²) < 4.78 is 5.90. The number of anilines is 2. The van der Waals surface area contributed by atoms with E-state index >= 15 is 0 Å². The number of ether oxygens (including phenoxy) is 1. The number of amides is 2. The molecule has 3 aromatic carbocycles. The van der Waals surface area contributed by atoms with E-state index in [-0.39, 0.29) is 25.0 Å². The quantitative estimate of drug-likeness (QED) is 0.313. The predicted molar refractivity (Wildman–Crippen MR) is 149 cm³/mol. The number of aryl methyl sites for hydroxylation is 3. The lowest BCUT2D eigenvalue weighted by molar-refractivity contribution is -0.137. The normalized spacial score (nSPS) is 10.7. The number of para-hydroxylation sites is 1. The van der Waals surface area contributed by atoms with E-state index in [2.05, 4.69) is 10.3 Å². The molecular formula is C29H30N4O3S. The van der Waals surface area contributed by atoms with Gasteiger partial charge < -0.3 is 20.7 Å². The minimum atomic E-state index is -0.292. The first-order valence-corrected chi connectivity index (χ1v) is 12.8. The summed E-state index contributed by atoms with van der Waals surface area (Å²) in [5, 5.41) is 5.28. The Bertz CT molecular complexity index is 1380. The molecule has 2 amide bonds. The van der Waals surface area contributed by atoms with Crippen molar-refractivity contribution in [3.05, 3.63) is 94.4 Å². The topological polar surface area (TPSA) is 97.5 Å². The monoisotopic (exact) mass is 514 g/mol. The number of nitrogens with two attached hydrogens (primary N) is 1. The van der Waals surface area contributed by atoms with Gasteiger partial charge in [-0.3, -0.25) is 9.59 Å². The molecule has 0 aliphatic heterocycles. The largest absolute Gasteiger partial charge is 0.483 e. The number of rotatable bonds is 9. The predicted octanol–water partition coefficient (Wildman–Crippen LogP) is 5.36. The zero-order valence-electron chi connectivity index (χ0n) is 21.2. The van der Waals surface area contributed by atoms with Gasteiger partial charge in [-0.05, 0) is 55.2 Å². The fourth-order valence-corrected chi connectivity index (χ4v) is 4.57. The third-order valence-electron chi connectivity index (χ3n) is 6.04. The van der Waals surface area contributed by atoms with E-state index in [1.165, 1.54) is 16.2 Å². The lowest BCUT2D eigenvalue weighted by Gasteiger charge is -2.24. The van der Waals surface area contributed by atoms with Crippen molar-refractivity contribution in [2.45, 2.75) is 27.3 Å². The average Bonchev–Trinajstić information content (AvgIpc) is 3.31. The molecule has 0 aliphatic rings. The second kappa shape index (κ2) is 11.7. The highest BCUT2D eigenvalue weighted by atomic mass is 32.1. The van der Waals surface area contributed by atoms with E-state index in [0.717, 1.165) is 33.5 Å². The summed E-state index contributed by atoms with van der Waals surface area (Å²) in [6, 6.07) is 21.0. The van der Waals surface area contributed by atoms with Crippen LogP contribution in [0.15, 0.2) is 72.1 Å². The summed E-state index contributed by atoms with van der Waals surface area (Å²) in [6.07, 6.45) is 0. The van der Waals surface area contributed by atoms with Crippen molar-refractivity contribution in [1.82, 2.24) is 9.88 Å². The van der Waals surface area contributed by atoms with Crippen molar-refractivity contribution in [2.75, 3.05) is 24.2 Å². The van der Waals surface area contributed by atoms with Crippen molar-refractivity contribution in [2.24, 2.45) is 0 Å². The van der Waals surface area contributed by atoms with Crippen LogP contribution in [0.1, 0.15) is 22.3 Å². The maximum Gasteiger partial charge on any atom is 0.261 e. The van der Waals surface area contributed by atoms with Crippen LogP contribution in [0.25, 0.3) is 11.3 Å². The number of aromatic nitrogens is 1. The highest BCUT2D eigenvalue weighted by molar-refractivity contribution is 7.13. The summed E-state index contributed by atoms with van der Waals surface area (Å²) in [5.74, 6) is 0.135. The van der Waals surface area contributed by atoms with Crippen LogP contribution in [0.4, 0.5) is 10.8 Å². The molecule has 0 saturated carbocycles. The molecule has 37 heavy (non-hydrogen) atoms. The molecule has 1 heterocycles. The summed E-state index contributed by atoms with van der Waals surface area (Å²) in [7, 11) is 0. The Hall–Kier alpha value is -4.17. The van der Waals surface area contributed by atoms with E-state index in [1.54, 1.807) is 12.1 Å². The van der Waals surface area contributed by atoms with Gasteiger partial charge in [-0.1, -0.05) is 54.6 Å². The summed E-state index contributed by atoms with van der Waals surface area (Å²) in [5.41, 5.74) is 12.0. The molecule has 7 nitrogen and oxygen atoms in total. The number of hydrogen-bond acceptors (Lipinski definition) is 6. The van der Waals surface area contributed by atoms with E-state index in [4.69, 9.17) is 10.5 Å². The van der Waals surface area contributed by atoms with Gasteiger partial charge in [0, 0.05) is 23.2 Å². The Kier molecular flexibility index (Phi) is 8.20. The maximum atomic E-state index is 13.3. The second-order valence-corrected chi connectivity index (χ2v) is 9.77. The van der Waals surface area contributed by atoms with Gasteiger partial charge in [0.05, 0.1) is 5.69 Å². The lowest BCUT2D eigenvalue weighted by atomic mass is 10.1. The molecule has 0 spiro atoms. The van der Waals surface area contributed by atoms with Crippen molar-refractivity contribution in [3.8, 4) is 17.0 Å². The minimum absolute atomic E-state index is 0.104. The van der Waals surface area contributed by atoms with Gasteiger partial charge in [0.25, 0.3) is 5.91 Å². The Balaban J connectivity index is 1.45. The molecule has 0 bridgehead atoms. The molecule has 0 radical (unpaired) electrons. The van der Waals surface area contributed by atoms with Crippen LogP contribution in [0.2, 0.25) is 0 Å². The molecule has 4 rings (SSSR count). The van der Waals surface area contributed by atoms with Crippen molar-refractivity contribution in [3.63, 3.8) is 0 Å². The van der Waals surface area contributed by atoms with E-state index in [0.29, 0.717) is 23.1 Å². The lowest BCUT2D eigenvalue weighted by Crippen LogP contribution is -2.40. The molecule has 0 atom stereocenters. The molecule has 0 saturated heterocycles. The Morgan fingerprint density at radius 3 is 2.27 bits per heavy atom. The highest BCUT2D eigenvalue weighted by Gasteiger charge is 2.20. The van der Waals surface area contributed by atoms with Crippen LogP contribution in [-0.4, -0.2) is 34.8 Å². The van der Waals surface area contributed by atoms with Gasteiger partial charge in [-0.25, -0.2) is 4.98 Å². The number of benzene rings is 3. The molecule has 4 aromatic rings. The van der Waals surface area contributed by atoms with Gasteiger partial charge in [-0.2, -0.15) is 0 Å². The SMILES string of the molecule is Cc1ccccc1CN(CC(=O)Nc1ccc(-c2csc(N)n2)cc1)C(=O)COc1c(C)cccc1C. The minimum Gasteiger partial charge on any atom is -0.483 e. The molecule has 8 heteroatoms. The fourth-order valence-electron chi connectivity index (χ4n) is 4.00. The van der Waals surface area contributed by atoms with Crippen molar-refractivity contribution >= 4 is 34.0 Å². The first kappa shape index (κ1) is 25.9. The summed E-state index contributed by atoms with van der Waals surface area (Å²) in [6.45, 7) is 5.92. The maximum absolute atomic E-state index is 13.3. The Morgan fingerprint density at radius 1 is 0.946 bits per heavy atom. The van der Waals surface area contributed by atoms with Gasteiger partial charge in [-0.15, -0.1) is 11.3 Å². The molecular weight excluding hydrogens is 484 g/mol. The number of carbonyl (C=O) groups is 2. The van der Waals surface area contributed by atoms with Gasteiger partial charge >= 0.3 is 0 Å². The zero-order chi connectivity index (χ0) is 26.4. The molecule has 0 fully saturated rings. The Labute approximate surface area is 220 Å². The van der Waals surface area contributed by atoms with E-state index < -0.39 is 0 Å². The molecule has 1 aromatic heterocycles. The number of nitrogen functional groups attached to an aromatic ring is 1. The third-order valence-corrected chi connectivity index (χ3v) is 6.72. The van der Waals surface area contributed by atoms with Crippen LogP contribution in [-0.2, 0) is 16.1 Å². The van der Waals surface area contributed by atoms with E-state index in [9.17, 15) is 9.59 Å². The van der Waals surface area contributed by atoms with Crippen molar-refractivity contribution < 1.29 is 14.3 Å². The van der Waals surface area contributed by atoms with Crippen molar-refractivity contribution in [1.29, 1.82) is 0 Å². The average molecular weight is 515 g/mol. The van der Waals surface area contributed by atoms with E-state index in [1.807, 2.05) is 80.7 Å². The van der Waals surface area contributed by atoms with Crippen LogP contribution in [0.5, 0.6) is 5.75 Å². The number of nitrogens with zero attached hydrogens (tertiary/aromatic N) is 2. The Morgan fingerprint density at radius 2 is 1.62 bits per heavy atom. The number of thiazole rings is 1. The summed E-state index contributed by atoms with van der Waals surface area (Å²) in [4.78, 5) is 32.0. The molecule has 0 aliphatic carbocycles. The number of carbonyl (C=O) groups excluding carboxylic acids is 2. The van der Waals surface area contributed by atoms with Crippen LogP contribution in [0.3, 0.4) is 0 Å². The zero-order valence-corrected chi connectivity index (χ0v) is 22.0. The molecule has 0 unspecified atom stereocenters. The molecule has 190 valence electrons. The first-order chi connectivity index (χ1) is 17.8. The van der Waals surface area contributed by atoms with Crippen LogP contribution < -0.4 is 15.8 Å². The molecule has 3 N–H and O–H groups in total. The van der Waals surface area contributed by atoms with Crippen LogP contribution >= 0.6 is 11.3 Å². The summed E-state index contributed by atoms with van der Waals surface area (Å²) >= 11 is 1.38. The smallest absolute Gasteiger partial charge is 0.261 e. The number of hydrogen-bond donors (Lipinski definition) is 2. The van der Waals surface area contributed by atoms with Gasteiger partial charge in [0.15, 0.2) is 11.7 Å².